The molecule has 0 spiro atoms. The summed E-state index contributed by atoms with van der Waals surface area (Å²) in [4.78, 5) is 14.9. The van der Waals surface area contributed by atoms with E-state index < -0.39 is 10.7 Å². The molecule has 1 aliphatic rings. The zero-order chi connectivity index (χ0) is 10.6. The molecule has 0 aliphatic carbocycles. The number of nitrogens with zero attached hydrogens (tertiary/aromatic N) is 2. The molecule has 3 N–H and O–H groups in total. The van der Waals surface area contributed by atoms with Gasteiger partial charge < -0.3 is 10.5 Å². The number of carbonyl (C=O) groups is 1. The van der Waals surface area contributed by atoms with Gasteiger partial charge in [-0.3, -0.25) is 10.0 Å². The van der Waals surface area contributed by atoms with Crippen molar-refractivity contribution in [2.45, 2.75) is 13.3 Å². The molecule has 0 radical (unpaired) electrons. The topological polar surface area (TPSA) is 97.3 Å². The Kier molecular flexibility index (Phi) is 6.14. The first-order chi connectivity index (χ1) is 6.67. The van der Waals surface area contributed by atoms with Gasteiger partial charge in [-0.25, -0.2) is 4.99 Å². The molecule has 0 saturated heterocycles. The fraction of sp³-hybridized carbons (Fsp3) is 0.429. The number of hydrogen-bond donors (Lipinski definition) is 2. The lowest BCUT2D eigenvalue weighted by Gasteiger charge is -1.98. The van der Waals surface area contributed by atoms with Crippen LogP contribution in [0.5, 0.6) is 0 Å². The second-order valence-corrected chi connectivity index (χ2v) is 3.88. The van der Waals surface area contributed by atoms with Crippen LogP contribution in [0.4, 0.5) is 0 Å². The summed E-state index contributed by atoms with van der Waals surface area (Å²) in [5.41, 5.74) is 5.92. The van der Waals surface area contributed by atoms with Crippen LogP contribution in [0.15, 0.2) is 20.6 Å². The summed E-state index contributed by atoms with van der Waals surface area (Å²) >= 11 is 0. The molecule has 0 aromatic rings. The molecule has 1 aliphatic heterocycles. The number of halogens is 1. The van der Waals surface area contributed by atoms with E-state index in [1.165, 1.54) is 0 Å². The summed E-state index contributed by atoms with van der Waals surface area (Å²) < 4.78 is 7.74. The van der Waals surface area contributed by atoms with Gasteiger partial charge in [0.05, 0.1) is 18.7 Å². The summed E-state index contributed by atoms with van der Waals surface area (Å²) in [6, 6.07) is 0. The van der Waals surface area contributed by atoms with E-state index in [-0.39, 0.29) is 30.0 Å². The van der Waals surface area contributed by atoms with Gasteiger partial charge in [-0.1, -0.05) is 0 Å². The third-order valence-corrected chi connectivity index (χ3v) is 2.63. The maximum atomic E-state index is 11.0. The first-order valence-electron chi connectivity index (χ1n) is 3.96. The van der Waals surface area contributed by atoms with Crippen molar-refractivity contribution in [2.75, 3.05) is 6.61 Å². The quantitative estimate of drug-likeness (QED) is 0.572. The Hall–Kier alpha value is -0.920. The van der Waals surface area contributed by atoms with Gasteiger partial charge in [-0.2, -0.15) is 0 Å². The average Bonchev–Trinajstić information content (AvgIpc) is 2.46. The molecule has 1 atom stereocenters. The normalized spacial score (nSPS) is 19.2. The number of aliphatic imine (C=N–C) groups is 1. The first kappa shape index (κ1) is 14.1. The molecule has 0 fully saturated rings. The third-order valence-electron chi connectivity index (χ3n) is 1.43. The molecular weight excluding hydrogens is 242 g/mol. The van der Waals surface area contributed by atoms with Crippen molar-refractivity contribution in [1.29, 1.82) is 0 Å². The monoisotopic (exact) mass is 253 g/mol. The number of amidine groups is 1. The molecule has 0 amide bonds. The number of hydrogen-bond acceptors (Lipinski definition) is 5. The predicted molar refractivity (Wildman–Crippen MR) is 59.8 cm³/mol. The Bertz CT molecular complexity index is 340. The van der Waals surface area contributed by atoms with Gasteiger partial charge in [-0.15, -0.1) is 16.9 Å². The van der Waals surface area contributed by atoms with E-state index in [0.29, 0.717) is 12.3 Å². The van der Waals surface area contributed by atoms with Gasteiger partial charge in [0.25, 0.3) is 0 Å². The number of carbonyl (C=O) groups excluding carboxylic acids is 1. The molecule has 1 heterocycles. The summed E-state index contributed by atoms with van der Waals surface area (Å²) in [7, 11) is -0.891. The molecule has 1 rings (SSSR count). The molecule has 0 saturated carbocycles. The van der Waals surface area contributed by atoms with Crippen LogP contribution in [0.25, 0.3) is 0 Å². The van der Waals surface area contributed by atoms with Crippen molar-refractivity contribution < 1.29 is 14.7 Å². The second-order valence-electron chi connectivity index (χ2n) is 2.44. The van der Waals surface area contributed by atoms with Crippen LogP contribution in [-0.2, 0) is 20.2 Å². The van der Waals surface area contributed by atoms with Gasteiger partial charge in [0.15, 0.2) is 5.17 Å². The molecule has 0 bridgehead atoms. The minimum Gasteiger partial charge on any atom is -0.466 e. The maximum absolute atomic E-state index is 11.0. The Morgan fingerprint density at radius 2 is 2.47 bits per heavy atom. The second kappa shape index (κ2) is 6.54. The summed E-state index contributed by atoms with van der Waals surface area (Å²) in [6.07, 6.45) is 0.0631. The van der Waals surface area contributed by atoms with E-state index in [1.807, 2.05) is 0 Å². The van der Waals surface area contributed by atoms with E-state index in [2.05, 4.69) is 9.52 Å². The Morgan fingerprint density at radius 3 is 2.93 bits per heavy atom. The predicted octanol–water partition coefficient (Wildman–Crippen LogP) is 0.722. The molecule has 8 heteroatoms. The summed E-state index contributed by atoms with van der Waals surface area (Å²) in [5.74, 6) is -0.362. The van der Waals surface area contributed by atoms with Crippen LogP contribution in [0, 0.1) is 0 Å². The van der Waals surface area contributed by atoms with Crippen molar-refractivity contribution in [1.82, 2.24) is 0 Å². The van der Waals surface area contributed by atoms with Crippen LogP contribution in [0.3, 0.4) is 0 Å². The molecule has 0 aromatic heterocycles. The average molecular weight is 254 g/mol. The summed E-state index contributed by atoms with van der Waals surface area (Å²) in [5, 5.41) is 10.3. The molecule has 15 heavy (non-hydrogen) atoms. The Balaban J connectivity index is 0.00000196. The van der Waals surface area contributed by atoms with Gasteiger partial charge in [-0.05, 0) is 6.92 Å². The highest BCUT2D eigenvalue weighted by molar-refractivity contribution is 8.05. The fourth-order valence-corrected chi connectivity index (χ4v) is 1.77. The van der Waals surface area contributed by atoms with Crippen LogP contribution in [0.2, 0.25) is 0 Å². The highest BCUT2D eigenvalue weighted by Crippen LogP contribution is 2.14. The lowest BCUT2D eigenvalue weighted by atomic mass is 10.3. The van der Waals surface area contributed by atoms with E-state index >= 15 is 0 Å². The minimum absolute atomic E-state index is 0. The van der Waals surface area contributed by atoms with Crippen molar-refractivity contribution in [3.05, 3.63) is 11.1 Å². The lowest BCUT2D eigenvalue weighted by Crippen LogP contribution is -2.12. The largest absolute Gasteiger partial charge is 0.466 e. The molecular formula is C7H12ClN3O3S. The number of esters is 1. The van der Waals surface area contributed by atoms with Gasteiger partial charge in [0.1, 0.15) is 0 Å². The third kappa shape index (κ3) is 3.98. The number of ether oxygens (including phenoxy) is 1. The van der Waals surface area contributed by atoms with E-state index in [1.54, 1.807) is 12.3 Å². The minimum atomic E-state index is -0.891. The van der Waals surface area contributed by atoms with Crippen LogP contribution in [0.1, 0.15) is 13.3 Å². The van der Waals surface area contributed by atoms with Gasteiger partial charge in [0.2, 0.25) is 0 Å². The van der Waals surface area contributed by atoms with Crippen molar-refractivity contribution in [3.8, 4) is 0 Å². The maximum Gasteiger partial charge on any atom is 0.311 e. The van der Waals surface area contributed by atoms with Gasteiger partial charge >= 0.3 is 5.97 Å². The molecule has 86 valence electrons. The van der Waals surface area contributed by atoms with E-state index in [0.717, 1.165) is 0 Å². The fourth-order valence-electron chi connectivity index (χ4n) is 0.910. The number of rotatable bonds is 3. The van der Waals surface area contributed by atoms with Crippen molar-refractivity contribution in [3.63, 3.8) is 0 Å². The zero-order valence-electron chi connectivity index (χ0n) is 8.04. The Labute approximate surface area is 95.7 Å². The van der Waals surface area contributed by atoms with Crippen molar-refractivity contribution in [2.24, 2.45) is 15.3 Å². The van der Waals surface area contributed by atoms with E-state index in [4.69, 9.17) is 15.7 Å². The first-order valence-corrected chi connectivity index (χ1v) is 5.20. The van der Waals surface area contributed by atoms with E-state index in [9.17, 15) is 4.79 Å². The Morgan fingerprint density at radius 1 is 1.80 bits per heavy atom. The number of nitrogens with two attached hydrogens (primary N) is 1. The zero-order valence-corrected chi connectivity index (χ0v) is 9.68. The highest BCUT2D eigenvalue weighted by atomic mass is 35.5. The molecule has 6 nitrogen and oxygen atoms in total. The SMILES string of the molecule is CCOC(=O)CC1=CS(=NO)C(N)=N1.Cl. The molecule has 0 aromatic carbocycles. The standard InChI is InChI=1S/C7H11N3O3S.ClH/c1-2-13-6(11)3-5-4-14(10-12)7(8)9-5;/h4,12H,2-3H2,1H3,(H2,8,9);1H. The van der Waals surface area contributed by atoms with Gasteiger partial charge in [0, 0.05) is 16.1 Å². The lowest BCUT2D eigenvalue weighted by molar-refractivity contribution is -0.142. The molecule has 1 unspecified atom stereocenters. The van der Waals surface area contributed by atoms with Crippen molar-refractivity contribution >= 4 is 34.2 Å². The highest BCUT2D eigenvalue weighted by Gasteiger charge is 2.15. The van der Waals surface area contributed by atoms with Crippen LogP contribution in [-0.4, -0.2) is 23.0 Å². The van der Waals surface area contributed by atoms with Crippen LogP contribution < -0.4 is 5.73 Å². The van der Waals surface area contributed by atoms with Crippen LogP contribution >= 0.6 is 12.4 Å². The smallest absolute Gasteiger partial charge is 0.311 e. The summed E-state index contributed by atoms with van der Waals surface area (Å²) in [6.45, 7) is 2.06.